The first-order valence-corrected chi connectivity index (χ1v) is 15.8. The van der Waals surface area contributed by atoms with Gasteiger partial charge in [0, 0.05) is 45.4 Å². The van der Waals surface area contributed by atoms with Crippen LogP contribution in [0.2, 0.25) is 0 Å². The fraction of sp³-hybridized carbons (Fsp3) is 0.419. The Morgan fingerprint density at radius 2 is 1.70 bits per heavy atom. The molecule has 44 heavy (non-hydrogen) atoms. The maximum Gasteiger partial charge on any atom is 0.410 e. The second-order valence-corrected chi connectivity index (χ2v) is 13.1. The number of benzene rings is 2. The normalized spacial score (nSPS) is 11.9. The SMILES string of the molecule is Cc1cccc(CN(CCN(CCCO)C(=O)OC(C)(C)C)Cc2cccc(CNS(=O)(=O)c3ccccc3[N+](=O)[O-])n2)c1. The number of nitro benzene ring substituents is 1. The number of aliphatic hydroxyl groups excluding tert-OH is 1. The molecule has 0 aliphatic heterocycles. The lowest BCUT2D eigenvalue weighted by atomic mass is 10.1. The van der Waals surface area contributed by atoms with Crippen LogP contribution < -0.4 is 4.72 Å². The van der Waals surface area contributed by atoms with Crippen molar-refractivity contribution in [2.75, 3.05) is 26.2 Å². The lowest BCUT2D eigenvalue weighted by Gasteiger charge is -2.30. The third-order valence-corrected chi connectivity index (χ3v) is 7.91. The molecule has 13 heteroatoms. The summed E-state index contributed by atoms with van der Waals surface area (Å²) in [5, 5.41) is 20.7. The molecule has 0 bridgehead atoms. The average molecular weight is 628 g/mol. The third kappa shape index (κ3) is 11.0. The van der Waals surface area contributed by atoms with Crippen molar-refractivity contribution < 1.29 is 28.0 Å². The molecule has 3 rings (SSSR count). The first-order chi connectivity index (χ1) is 20.8. The lowest BCUT2D eigenvalue weighted by Crippen LogP contribution is -2.42. The van der Waals surface area contributed by atoms with Gasteiger partial charge in [-0.05, 0) is 57.9 Å². The van der Waals surface area contributed by atoms with Crippen molar-refractivity contribution in [1.29, 1.82) is 0 Å². The van der Waals surface area contributed by atoms with Gasteiger partial charge in [0.15, 0.2) is 4.90 Å². The van der Waals surface area contributed by atoms with Gasteiger partial charge in [-0.3, -0.25) is 20.0 Å². The highest BCUT2D eigenvalue weighted by Crippen LogP contribution is 2.23. The van der Waals surface area contributed by atoms with E-state index in [0.29, 0.717) is 50.5 Å². The van der Waals surface area contributed by atoms with Gasteiger partial charge in [-0.1, -0.05) is 48.0 Å². The van der Waals surface area contributed by atoms with Crippen LogP contribution in [-0.4, -0.2) is 71.2 Å². The summed E-state index contributed by atoms with van der Waals surface area (Å²) in [5.74, 6) is 0. The molecule has 3 aromatic rings. The van der Waals surface area contributed by atoms with Crippen LogP contribution in [0.25, 0.3) is 0 Å². The molecule has 0 fully saturated rings. The summed E-state index contributed by atoms with van der Waals surface area (Å²) in [5.41, 5.74) is 2.16. The standard InChI is InChI=1S/C31H41N5O7S/c1-24-10-7-11-25(20-24)22-34(17-18-35(16-9-19-37)30(38)43-31(2,3)4)23-27-13-8-12-26(33-27)21-32-44(41,42)29-15-6-5-14-28(29)36(39)40/h5-8,10-15,20,32,37H,9,16-19,21-23H2,1-4H3. The summed E-state index contributed by atoms with van der Waals surface area (Å²) < 4.78 is 33.8. The van der Waals surface area contributed by atoms with E-state index in [2.05, 4.69) is 20.7 Å². The molecule has 0 aliphatic rings. The number of carbonyl (C=O) groups excluding carboxylic acids is 1. The van der Waals surface area contributed by atoms with Crippen molar-refractivity contribution >= 4 is 21.8 Å². The Labute approximate surface area is 258 Å². The van der Waals surface area contributed by atoms with Gasteiger partial charge in [-0.25, -0.2) is 17.9 Å². The maximum absolute atomic E-state index is 12.9. The minimum absolute atomic E-state index is 0.0512. The number of hydrogen-bond donors (Lipinski definition) is 2. The van der Waals surface area contributed by atoms with Crippen LogP contribution >= 0.6 is 0 Å². The molecule has 2 N–H and O–H groups in total. The summed E-state index contributed by atoms with van der Waals surface area (Å²) >= 11 is 0. The van der Waals surface area contributed by atoms with E-state index < -0.39 is 37.2 Å². The number of nitrogens with one attached hydrogen (secondary N) is 1. The summed E-state index contributed by atoms with van der Waals surface area (Å²) in [7, 11) is -4.17. The third-order valence-electron chi connectivity index (χ3n) is 6.46. The van der Waals surface area contributed by atoms with E-state index in [-0.39, 0.29) is 13.2 Å². The second kappa shape index (κ2) is 15.7. The summed E-state index contributed by atoms with van der Waals surface area (Å²) in [4.78, 5) is 31.5. The van der Waals surface area contributed by atoms with Crippen LogP contribution in [0.5, 0.6) is 0 Å². The van der Waals surface area contributed by atoms with Crippen LogP contribution in [0.3, 0.4) is 0 Å². The number of sulfonamides is 1. The molecular formula is C31H41N5O7S. The van der Waals surface area contributed by atoms with Gasteiger partial charge >= 0.3 is 6.09 Å². The second-order valence-electron chi connectivity index (χ2n) is 11.4. The number of hydrogen-bond acceptors (Lipinski definition) is 9. The molecule has 1 aromatic heterocycles. The van der Waals surface area contributed by atoms with Crippen molar-refractivity contribution in [3.63, 3.8) is 0 Å². The van der Waals surface area contributed by atoms with Crippen LogP contribution in [0.1, 0.15) is 49.7 Å². The highest BCUT2D eigenvalue weighted by molar-refractivity contribution is 7.89. The van der Waals surface area contributed by atoms with E-state index >= 15 is 0 Å². The molecule has 0 atom stereocenters. The van der Waals surface area contributed by atoms with Crippen molar-refractivity contribution in [3.8, 4) is 0 Å². The quantitative estimate of drug-likeness (QED) is 0.184. The van der Waals surface area contributed by atoms with Crippen LogP contribution in [0.15, 0.2) is 71.6 Å². The van der Waals surface area contributed by atoms with Gasteiger partial charge in [0.2, 0.25) is 10.0 Å². The first-order valence-electron chi connectivity index (χ1n) is 14.3. The Kier molecular flexibility index (Phi) is 12.3. The molecule has 0 spiro atoms. The van der Waals surface area contributed by atoms with Gasteiger partial charge < -0.3 is 14.7 Å². The highest BCUT2D eigenvalue weighted by atomic mass is 32.2. The van der Waals surface area contributed by atoms with Gasteiger partial charge in [0.05, 0.1) is 22.9 Å². The summed E-state index contributed by atoms with van der Waals surface area (Å²) in [6.07, 6.45) is -0.0320. The number of para-hydroxylation sites is 1. The number of ether oxygens (including phenoxy) is 1. The molecule has 12 nitrogen and oxygen atoms in total. The van der Waals surface area contributed by atoms with Crippen LogP contribution in [0.4, 0.5) is 10.5 Å². The van der Waals surface area contributed by atoms with E-state index in [0.717, 1.165) is 17.2 Å². The molecule has 1 amide bonds. The first kappa shape index (κ1) is 34.6. The predicted molar refractivity (Wildman–Crippen MR) is 166 cm³/mol. The highest BCUT2D eigenvalue weighted by Gasteiger charge is 2.25. The number of amides is 1. The molecule has 0 aliphatic carbocycles. The average Bonchev–Trinajstić information content (AvgIpc) is 2.95. The largest absolute Gasteiger partial charge is 0.444 e. The molecular weight excluding hydrogens is 586 g/mol. The molecule has 238 valence electrons. The zero-order chi connectivity index (χ0) is 32.3. The molecule has 0 saturated carbocycles. The fourth-order valence-electron chi connectivity index (χ4n) is 4.45. The lowest BCUT2D eigenvalue weighted by molar-refractivity contribution is -0.387. The Hall–Kier alpha value is -3.91. The Morgan fingerprint density at radius 3 is 2.39 bits per heavy atom. The zero-order valence-electron chi connectivity index (χ0n) is 25.6. The Morgan fingerprint density at radius 1 is 1.00 bits per heavy atom. The molecule has 2 aromatic carbocycles. The minimum Gasteiger partial charge on any atom is -0.444 e. The number of pyridine rings is 1. The van der Waals surface area contributed by atoms with Crippen molar-refractivity contribution in [2.45, 2.75) is 64.2 Å². The minimum atomic E-state index is -4.17. The molecule has 1 heterocycles. The Balaban J connectivity index is 1.77. The molecule has 0 saturated heterocycles. The van der Waals surface area contributed by atoms with Crippen molar-refractivity contribution in [3.05, 3.63) is 99.4 Å². The summed E-state index contributed by atoms with van der Waals surface area (Å²) in [6, 6.07) is 18.6. The van der Waals surface area contributed by atoms with Crippen molar-refractivity contribution in [2.24, 2.45) is 0 Å². The van der Waals surface area contributed by atoms with E-state index in [1.807, 2.05) is 31.2 Å². The van der Waals surface area contributed by atoms with Gasteiger partial charge in [0.25, 0.3) is 5.69 Å². The topological polar surface area (TPSA) is 155 Å². The Bertz CT molecular complexity index is 1530. The number of aliphatic hydroxyl groups is 1. The number of aromatic nitrogens is 1. The van der Waals surface area contributed by atoms with E-state index in [1.54, 1.807) is 37.8 Å². The number of carbonyl (C=O) groups is 1. The van der Waals surface area contributed by atoms with E-state index in [9.17, 15) is 28.4 Å². The fourth-order valence-corrected chi connectivity index (χ4v) is 5.62. The number of nitrogens with zero attached hydrogens (tertiary/aromatic N) is 4. The van der Waals surface area contributed by atoms with E-state index in [4.69, 9.17) is 4.74 Å². The predicted octanol–water partition coefficient (Wildman–Crippen LogP) is 4.40. The number of rotatable bonds is 15. The van der Waals surface area contributed by atoms with Crippen LogP contribution in [-0.2, 0) is 34.4 Å². The monoisotopic (exact) mass is 627 g/mol. The van der Waals surface area contributed by atoms with Crippen LogP contribution in [0, 0.1) is 17.0 Å². The van der Waals surface area contributed by atoms with Gasteiger partial charge in [0.1, 0.15) is 5.60 Å². The number of nitro groups is 1. The van der Waals surface area contributed by atoms with Gasteiger partial charge in [-0.2, -0.15) is 0 Å². The number of aryl methyl sites for hydroxylation is 1. The van der Waals surface area contributed by atoms with E-state index in [1.165, 1.54) is 18.2 Å². The van der Waals surface area contributed by atoms with Gasteiger partial charge in [-0.15, -0.1) is 0 Å². The smallest absolute Gasteiger partial charge is 0.410 e. The summed E-state index contributed by atoms with van der Waals surface area (Å²) in [6.45, 7) is 9.38. The van der Waals surface area contributed by atoms with Crippen molar-refractivity contribution in [1.82, 2.24) is 19.5 Å². The zero-order valence-corrected chi connectivity index (χ0v) is 26.4. The molecule has 0 unspecified atom stereocenters. The molecule has 0 radical (unpaired) electrons. The maximum atomic E-state index is 12.9.